The summed E-state index contributed by atoms with van der Waals surface area (Å²) < 4.78 is 1.77. The second-order valence-electron chi connectivity index (χ2n) is 7.58. The molecule has 0 spiro atoms. The van der Waals surface area contributed by atoms with Gasteiger partial charge in [0.2, 0.25) is 0 Å². The van der Waals surface area contributed by atoms with Crippen LogP contribution >= 0.6 is 0 Å². The average molecular weight is 416 g/mol. The van der Waals surface area contributed by atoms with Gasteiger partial charge in [0.15, 0.2) is 0 Å². The molecule has 4 aromatic rings. The first kappa shape index (κ1) is 20.5. The van der Waals surface area contributed by atoms with Gasteiger partial charge in [0.25, 0.3) is 5.91 Å². The number of hydrogen-bond acceptors (Lipinski definition) is 6. The van der Waals surface area contributed by atoms with Crippen LogP contribution in [-0.2, 0) is 13.7 Å². The van der Waals surface area contributed by atoms with Gasteiger partial charge in [0.1, 0.15) is 0 Å². The van der Waals surface area contributed by atoms with Crippen LogP contribution in [0.2, 0.25) is 0 Å². The fourth-order valence-electron chi connectivity index (χ4n) is 3.74. The third-order valence-electron chi connectivity index (χ3n) is 5.27. The zero-order valence-electron chi connectivity index (χ0n) is 17.6. The van der Waals surface area contributed by atoms with E-state index in [-0.39, 0.29) is 12.6 Å². The summed E-state index contributed by atoms with van der Waals surface area (Å²) in [6.07, 6.45) is 5.17. The first-order valence-corrected chi connectivity index (χ1v) is 9.92. The van der Waals surface area contributed by atoms with Crippen molar-refractivity contribution in [2.45, 2.75) is 26.5 Å². The molecule has 31 heavy (non-hydrogen) atoms. The van der Waals surface area contributed by atoms with Gasteiger partial charge in [0.05, 0.1) is 40.8 Å². The molecule has 0 saturated carbocycles. The van der Waals surface area contributed by atoms with Gasteiger partial charge in [-0.15, -0.1) is 0 Å². The summed E-state index contributed by atoms with van der Waals surface area (Å²) in [5.41, 5.74) is 11.7. The first-order chi connectivity index (χ1) is 14.9. The van der Waals surface area contributed by atoms with E-state index in [0.717, 1.165) is 33.3 Å². The van der Waals surface area contributed by atoms with Crippen molar-refractivity contribution in [3.8, 4) is 11.1 Å². The molecule has 0 fully saturated rings. The monoisotopic (exact) mass is 416 g/mol. The van der Waals surface area contributed by atoms with Crippen molar-refractivity contribution < 1.29 is 9.90 Å². The Labute approximate surface area is 179 Å². The fourth-order valence-corrected chi connectivity index (χ4v) is 3.74. The second kappa shape index (κ2) is 8.16. The zero-order chi connectivity index (χ0) is 22.1. The number of nitrogens with two attached hydrogens (primary N) is 1. The van der Waals surface area contributed by atoms with E-state index in [4.69, 9.17) is 5.73 Å². The molecule has 4 rings (SSSR count). The van der Waals surface area contributed by atoms with Crippen molar-refractivity contribution in [3.05, 3.63) is 71.4 Å². The quantitative estimate of drug-likeness (QED) is 0.444. The average Bonchev–Trinajstić information content (AvgIpc) is 3.11. The predicted octanol–water partition coefficient (Wildman–Crippen LogP) is 3.10. The molecule has 0 radical (unpaired) electrons. The molecule has 1 aromatic carbocycles. The molecule has 1 amide bonds. The van der Waals surface area contributed by atoms with Gasteiger partial charge >= 0.3 is 0 Å². The highest BCUT2D eigenvalue weighted by molar-refractivity contribution is 6.07. The number of benzene rings is 1. The highest BCUT2D eigenvalue weighted by atomic mass is 16.3. The Bertz CT molecular complexity index is 1260. The normalized spacial score (nSPS) is 12.1. The summed E-state index contributed by atoms with van der Waals surface area (Å²) in [6, 6.07) is 9.34. The molecule has 0 saturated heterocycles. The number of pyridine rings is 2. The maximum Gasteiger partial charge on any atom is 0.252 e. The molecular formula is C23H24N6O2. The van der Waals surface area contributed by atoms with Gasteiger partial charge in [0, 0.05) is 36.6 Å². The highest BCUT2D eigenvalue weighted by Crippen LogP contribution is 2.33. The third kappa shape index (κ3) is 3.97. The number of aliphatic hydroxyl groups is 1. The topological polar surface area (TPSA) is 119 Å². The molecule has 0 aliphatic rings. The van der Waals surface area contributed by atoms with Gasteiger partial charge in [-0.3, -0.25) is 19.4 Å². The van der Waals surface area contributed by atoms with Crippen molar-refractivity contribution in [1.82, 2.24) is 19.7 Å². The molecule has 3 aromatic heterocycles. The van der Waals surface area contributed by atoms with E-state index in [0.29, 0.717) is 16.9 Å². The highest BCUT2D eigenvalue weighted by Gasteiger charge is 2.19. The van der Waals surface area contributed by atoms with Crippen LogP contribution in [0, 0.1) is 6.92 Å². The number of hydrogen-bond donors (Lipinski definition) is 3. The Balaban J connectivity index is 1.83. The van der Waals surface area contributed by atoms with Crippen molar-refractivity contribution in [3.63, 3.8) is 0 Å². The van der Waals surface area contributed by atoms with Gasteiger partial charge in [-0.1, -0.05) is 12.1 Å². The number of nitrogens with one attached hydrogen (secondary N) is 1. The molecule has 0 aliphatic carbocycles. The van der Waals surface area contributed by atoms with Gasteiger partial charge in [-0.05, 0) is 43.2 Å². The van der Waals surface area contributed by atoms with Crippen LogP contribution in [0.15, 0.2) is 48.9 Å². The van der Waals surface area contributed by atoms with Crippen molar-refractivity contribution in [2.24, 2.45) is 12.8 Å². The van der Waals surface area contributed by atoms with Crippen LogP contribution < -0.4 is 11.1 Å². The van der Waals surface area contributed by atoms with Crippen LogP contribution in [-0.4, -0.2) is 30.8 Å². The van der Waals surface area contributed by atoms with Crippen molar-refractivity contribution >= 4 is 22.5 Å². The number of aromatic nitrogens is 4. The van der Waals surface area contributed by atoms with Crippen LogP contribution in [0.5, 0.6) is 0 Å². The number of rotatable bonds is 6. The third-order valence-corrected chi connectivity index (χ3v) is 5.27. The van der Waals surface area contributed by atoms with Crippen LogP contribution in [0.3, 0.4) is 0 Å². The molecule has 3 heterocycles. The molecule has 8 nitrogen and oxygen atoms in total. The van der Waals surface area contributed by atoms with Crippen molar-refractivity contribution in [1.29, 1.82) is 0 Å². The fraction of sp³-hybridized carbons (Fsp3) is 0.217. The molecule has 0 aliphatic heterocycles. The Kier molecular flexibility index (Phi) is 5.39. The maximum atomic E-state index is 12.2. The standard InChI is InChI=1S/C23H24N6O2/c1-13-11-29(3)28-21(13)14(2)27-22-18-8-15(16-4-6-17(12-30)25-9-16)5-7-20(18)26-10-19(22)23(24)31/h4-11,14,30H,12H2,1-3H3,(H2,24,31)(H,26,27)/t14-/m1/s1. The van der Waals surface area contributed by atoms with E-state index in [2.05, 4.69) is 20.4 Å². The number of fused-ring (bicyclic) bond motifs is 1. The molecule has 0 unspecified atom stereocenters. The summed E-state index contributed by atoms with van der Waals surface area (Å²) in [4.78, 5) is 20.8. The maximum absolute atomic E-state index is 12.2. The number of carbonyl (C=O) groups is 1. The Morgan fingerprint density at radius 3 is 2.58 bits per heavy atom. The van der Waals surface area contributed by atoms with Gasteiger partial charge in [-0.2, -0.15) is 5.10 Å². The lowest BCUT2D eigenvalue weighted by Crippen LogP contribution is -2.17. The summed E-state index contributed by atoms with van der Waals surface area (Å²) >= 11 is 0. The lowest BCUT2D eigenvalue weighted by atomic mass is 10.0. The minimum Gasteiger partial charge on any atom is -0.390 e. The van der Waals surface area contributed by atoms with E-state index in [9.17, 15) is 9.90 Å². The molecule has 1 atom stereocenters. The lowest BCUT2D eigenvalue weighted by molar-refractivity contribution is 0.100. The molecular weight excluding hydrogens is 392 g/mol. The van der Waals surface area contributed by atoms with Crippen LogP contribution in [0.4, 0.5) is 5.69 Å². The summed E-state index contributed by atoms with van der Waals surface area (Å²) in [6.45, 7) is 3.89. The van der Waals surface area contributed by atoms with Crippen LogP contribution in [0.1, 0.15) is 40.3 Å². The summed E-state index contributed by atoms with van der Waals surface area (Å²) in [7, 11) is 1.88. The number of aliphatic hydroxyl groups excluding tert-OH is 1. The van der Waals surface area contributed by atoms with E-state index < -0.39 is 5.91 Å². The number of anilines is 1. The summed E-state index contributed by atoms with van der Waals surface area (Å²) in [5, 5.41) is 18.0. The van der Waals surface area contributed by atoms with Gasteiger partial charge in [-0.25, -0.2) is 0 Å². The predicted molar refractivity (Wildman–Crippen MR) is 119 cm³/mol. The van der Waals surface area contributed by atoms with Crippen LogP contribution in [0.25, 0.3) is 22.0 Å². The number of carbonyl (C=O) groups excluding carboxylic acids is 1. The summed E-state index contributed by atoms with van der Waals surface area (Å²) in [5.74, 6) is -0.554. The second-order valence-corrected chi connectivity index (χ2v) is 7.58. The minimum atomic E-state index is -0.554. The SMILES string of the molecule is Cc1cn(C)nc1[C@@H](C)Nc1c(C(N)=O)cnc2ccc(-c3ccc(CO)nc3)cc12. The number of nitrogens with zero attached hydrogens (tertiary/aromatic N) is 4. The van der Waals surface area contributed by atoms with E-state index in [1.54, 1.807) is 16.9 Å². The molecule has 8 heteroatoms. The zero-order valence-corrected chi connectivity index (χ0v) is 17.6. The van der Waals surface area contributed by atoms with E-state index in [1.807, 2.05) is 51.4 Å². The smallest absolute Gasteiger partial charge is 0.252 e. The molecule has 4 N–H and O–H groups in total. The number of aryl methyl sites for hydroxylation is 2. The number of amides is 1. The van der Waals surface area contributed by atoms with E-state index >= 15 is 0 Å². The molecule has 158 valence electrons. The van der Waals surface area contributed by atoms with Gasteiger partial charge < -0.3 is 16.2 Å². The Morgan fingerprint density at radius 1 is 1.19 bits per heavy atom. The Morgan fingerprint density at radius 2 is 1.97 bits per heavy atom. The number of primary amides is 1. The lowest BCUT2D eigenvalue weighted by Gasteiger charge is -2.19. The first-order valence-electron chi connectivity index (χ1n) is 9.92. The van der Waals surface area contributed by atoms with Crippen molar-refractivity contribution in [2.75, 3.05) is 5.32 Å². The van der Waals surface area contributed by atoms with E-state index in [1.165, 1.54) is 6.20 Å². The largest absolute Gasteiger partial charge is 0.390 e. The minimum absolute atomic E-state index is 0.108. The Hall–Kier alpha value is -3.78. The molecule has 0 bridgehead atoms.